The van der Waals surface area contributed by atoms with Gasteiger partial charge in [-0.15, -0.1) is 0 Å². The summed E-state index contributed by atoms with van der Waals surface area (Å²) in [5.41, 5.74) is 0. The van der Waals surface area contributed by atoms with Crippen molar-refractivity contribution in [3.05, 3.63) is 0 Å². The smallest absolute Gasteiger partial charge is 0.215 e. The van der Waals surface area contributed by atoms with Crippen LogP contribution in [0.2, 0.25) is 0 Å². The van der Waals surface area contributed by atoms with Gasteiger partial charge in [0, 0.05) is 7.11 Å². The van der Waals surface area contributed by atoms with E-state index in [9.17, 15) is 8.42 Å². The third kappa shape index (κ3) is 5.58. The quantitative estimate of drug-likeness (QED) is 0.655. The predicted molar refractivity (Wildman–Crippen MR) is 48.5 cm³/mol. The summed E-state index contributed by atoms with van der Waals surface area (Å²) in [6.45, 7) is 1.88. The first-order chi connectivity index (χ1) is 6.05. The maximum Gasteiger partial charge on any atom is 0.215 e. The van der Waals surface area contributed by atoms with Crippen molar-refractivity contribution in [3.63, 3.8) is 0 Å². The number of rotatable bonds is 6. The van der Waals surface area contributed by atoms with Gasteiger partial charge in [0.1, 0.15) is 6.04 Å². The van der Waals surface area contributed by atoms with Crippen LogP contribution in [0.1, 0.15) is 13.3 Å². The monoisotopic (exact) mass is 206 g/mol. The van der Waals surface area contributed by atoms with Crippen LogP contribution >= 0.6 is 0 Å². The molecular weight excluding hydrogens is 192 g/mol. The van der Waals surface area contributed by atoms with Gasteiger partial charge in [0.15, 0.2) is 0 Å². The van der Waals surface area contributed by atoms with Gasteiger partial charge in [0.25, 0.3) is 0 Å². The Balaban J connectivity index is 4.10. The average molecular weight is 206 g/mol. The largest absolute Gasteiger partial charge is 0.384 e. The summed E-state index contributed by atoms with van der Waals surface area (Å²) in [4.78, 5) is 0. The first-order valence-corrected chi connectivity index (χ1v) is 5.59. The molecule has 0 radical (unpaired) electrons. The van der Waals surface area contributed by atoms with Gasteiger partial charge in [0.2, 0.25) is 10.0 Å². The van der Waals surface area contributed by atoms with Gasteiger partial charge in [-0.05, 0) is 6.42 Å². The van der Waals surface area contributed by atoms with E-state index >= 15 is 0 Å². The molecule has 1 atom stereocenters. The third-order valence-electron chi connectivity index (χ3n) is 1.44. The fourth-order valence-corrected chi connectivity index (χ4v) is 1.83. The summed E-state index contributed by atoms with van der Waals surface area (Å²) in [7, 11) is -1.94. The van der Waals surface area contributed by atoms with Crippen LogP contribution in [-0.2, 0) is 14.8 Å². The number of nitrogens with one attached hydrogen (secondary N) is 1. The van der Waals surface area contributed by atoms with E-state index in [2.05, 4.69) is 9.46 Å². The summed E-state index contributed by atoms with van der Waals surface area (Å²) in [5, 5.41) is 8.51. The van der Waals surface area contributed by atoms with Crippen LogP contribution in [0, 0.1) is 11.3 Å². The van der Waals surface area contributed by atoms with Gasteiger partial charge in [-0.25, -0.2) is 8.42 Å². The van der Waals surface area contributed by atoms with Crippen LogP contribution in [0.5, 0.6) is 0 Å². The molecule has 0 heterocycles. The molecule has 0 aliphatic rings. The van der Waals surface area contributed by atoms with E-state index in [1.54, 1.807) is 6.92 Å². The van der Waals surface area contributed by atoms with Crippen LogP contribution in [-0.4, -0.2) is 33.9 Å². The topological polar surface area (TPSA) is 79.2 Å². The lowest BCUT2D eigenvalue weighted by Crippen LogP contribution is -2.35. The van der Waals surface area contributed by atoms with Crippen molar-refractivity contribution in [3.8, 4) is 6.07 Å². The number of sulfonamides is 1. The molecule has 0 aromatic carbocycles. The zero-order valence-electron chi connectivity index (χ0n) is 7.78. The van der Waals surface area contributed by atoms with E-state index < -0.39 is 16.1 Å². The summed E-state index contributed by atoms with van der Waals surface area (Å²) < 4.78 is 29.2. The van der Waals surface area contributed by atoms with Gasteiger partial charge >= 0.3 is 0 Å². The maximum absolute atomic E-state index is 11.2. The highest BCUT2D eigenvalue weighted by molar-refractivity contribution is 7.89. The highest BCUT2D eigenvalue weighted by Crippen LogP contribution is 1.93. The minimum atomic E-state index is -3.36. The third-order valence-corrected chi connectivity index (χ3v) is 2.79. The van der Waals surface area contributed by atoms with Crippen LogP contribution in [0.15, 0.2) is 0 Å². The molecular formula is C7H14N2O3S. The van der Waals surface area contributed by atoms with Crippen LogP contribution in [0.25, 0.3) is 0 Å². The second-order valence-electron chi connectivity index (χ2n) is 2.52. The Labute approximate surface area is 78.7 Å². The molecule has 0 saturated carbocycles. The molecule has 0 fully saturated rings. The molecule has 0 saturated heterocycles. The number of hydrogen-bond donors (Lipinski definition) is 1. The molecule has 0 spiro atoms. The Morgan fingerprint density at radius 1 is 1.62 bits per heavy atom. The molecule has 5 nitrogen and oxygen atoms in total. The summed E-state index contributed by atoms with van der Waals surface area (Å²) in [5.74, 6) is -0.109. The summed E-state index contributed by atoms with van der Waals surface area (Å²) in [6.07, 6.45) is 0.461. The first kappa shape index (κ1) is 12.4. The van der Waals surface area contributed by atoms with Crippen molar-refractivity contribution in [2.24, 2.45) is 0 Å². The highest BCUT2D eigenvalue weighted by atomic mass is 32.2. The number of hydrogen-bond acceptors (Lipinski definition) is 4. The second-order valence-corrected chi connectivity index (χ2v) is 4.39. The molecule has 0 bridgehead atoms. The maximum atomic E-state index is 11.2. The van der Waals surface area contributed by atoms with Crippen molar-refractivity contribution in [1.82, 2.24) is 4.72 Å². The van der Waals surface area contributed by atoms with Crippen molar-refractivity contribution < 1.29 is 13.2 Å². The molecule has 0 aliphatic heterocycles. The van der Waals surface area contributed by atoms with Gasteiger partial charge in [-0.2, -0.15) is 9.98 Å². The molecule has 0 aromatic rings. The Morgan fingerprint density at radius 2 is 2.23 bits per heavy atom. The van der Waals surface area contributed by atoms with Crippen molar-refractivity contribution in [2.45, 2.75) is 19.4 Å². The molecule has 0 aliphatic carbocycles. The summed E-state index contributed by atoms with van der Waals surface area (Å²) in [6, 6.07) is 1.22. The van der Waals surface area contributed by atoms with Gasteiger partial charge < -0.3 is 4.74 Å². The second kappa shape index (κ2) is 5.91. The Morgan fingerprint density at radius 3 is 2.62 bits per heavy atom. The molecule has 0 rings (SSSR count). The lowest BCUT2D eigenvalue weighted by molar-refractivity contribution is 0.217. The van der Waals surface area contributed by atoms with E-state index in [0.717, 1.165) is 0 Å². The average Bonchev–Trinajstić information content (AvgIpc) is 2.11. The number of nitriles is 1. The zero-order valence-corrected chi connectivity index (χ0v) is 8.60. The Kier molecular flexibility index (Phi) is 5.62. The zero-order chi connectivity index (χ0) is 10.3. The standard InChI is InChI=1S/C7H14N2O3S/c1-3-7(6-8)9-13(10,11)5-4-12-2/h7,9H,3-5H2,1-2H3. The Bertz CT molecular complexity index is 268. The first-order valence-electron chi connectivity index (χ1n) is 3.94. The van der Waals surface area contributed by atoms with Crippen LogP contribution in [0.3, 0.4) is 0 Å². The Hall–Kier alpha value is -0.640. The van der Waals surface area contributed by atoms with Gasteiger partial charge in [-0.3, -0.25) is 0 Å². The number of methoxy groups -OCH3 is 1. The van der Waals surface area contributed by atoms with Crippen LogP contribution in [0.4, 0.5) is 0 Å². The SMILES string of the molecule is CCC(C#N)NS(=O)(=O)CCOC. The van der Waals surface area contributed by atoms with Crippen molar-refractivity contribution in [1.29, 1.82) is 5.26 Å². The summed E-state index contributed by atoms with van der Waals surface area (Å²) >= 11 is 0. The normalized spacial score (nSPS) is 13.6. The number of nitrogens with zero attached hydrogens (tertiary/aromatic N) is 1. The molecule has 0 aromatic heterocycles. The minimum Gasteiger partial charge on any atom is -0.384 e. The van der Waals surface area contributed by atoms with Crippen LogP contribution < -0.4 is 4.72 Å². The molecule has 1 N–H and O–H groups in total. The van der Waals surface area contributed by atoms with Gasteiger partial charge in [-0.1, -0.05) is 6.92 Å². The lowest BCUT2D eigenvalue weighted by Gasteiger charge is -2.08. The fourth-order valence-electron chi connectivity index (χ4n) is 0.670. The molecule has 76 valence electrons. The van der Waals surface area contributed by atoms with E-state index in [-0.39, 0.29) is 12.4 Å². The molecule has 6 heteroatoms. The highest BCUT2D eigenvalue weighted by Gasteiger charge is 2.15. The predicted octanol–water partition coefficient (Wildman–Crippen LogP) is -0.146. The molecule has 1 unspecified atom stereocenters. The van der Waals surface area contributed by atoms with Crippen molar-refractivity contribution >= 4 is 10.0 Å². The number of ether oxygens (including phenoxy) is 1. The fraction of sp³-hybridized carbons (Fsp3) is 0.857. The minimum absolute atomic E-state index is 0.109. The van der Waals surface area contributed by atoms with Crippen molar-refractivity contribution in [2.75, 3.05) is 19.5 Å². The molecule has 0 amide bonds. The van der Waals surface area contributed by atoms with E-state index in [0.29, 0.717) is 6.42 Å². The van der Waals surface area contributed by atoms with E-state index in [1.807, 2.05) is 6.07 Å². The van der Waals surface area contributed by atoms with E-state index in [1.165, 1.54) is 7.11 Å². The van der Waals surface area contributed by atoms with E-state index in [4.69, 9.17) is 5.26 Å². The lowest BCUT2D eigenvalue weighted by atomic mass is 10.3. The molecule has 13 heavy (non-hydrogen) atoms. The van der Waals surface area contributed by atoms with Gasteiger partial charge in [0.05, 0.1) is 18.4 Å².